The number of hydrogen-bond donors (Lipinski definition) is 3. The van der Waals surface area contributed by atoms with E-state index in [4.69, 9.17) is 9.47 Å². The van der Waals surface area contributed by atoms with Crippen molar-refractivity contribution < 1.29 is 19.1 Å². The van der Waals surface area contributed by atoms with Gasteiger partial charge in [0.1, 0.15) is 18.5 Å². The Morgan fingerprint density at radius 3 is 2.74 bits per heavy atom. The van der Waals surface area contributed by atoms with Crippen molar-refractivity contribution in [2.75, 3.05) is 32.1 Å². The van der Waals surface area contributed by atoms with E-state index in [0.717, 1.165) is 11.5 Å². The molecule has 2 amide bonds. The highest BCUT2D eigenvalue weighted by Gasteiger charge is 2.20. The molecule has 1 atom stereocenters. The average Bonchev–Trinajstić information content (AvgIpc) is 2.72. The zero-order chi connectivity index (χ0) is 19.1. The normalized spacial score (nSPS) is 14.9. The molecule has 0 aliphatic carbocycles. The van der Waals surface area contributed by atoms with E-state index in [0.29, 0.717) is 31.0 Å². The maximum Gasteiger partial charge on any atom is 0.252 e. The lowest BCUT2D eigenvalue weighted by Gasteiger charge is -2.26. The monoisotopic (exact) mass is 370 g/mol. The minimum absolute atomic E-state index is 0.102. The lowest BCUT2D eigenvalue weighted by atomic mass is 10.2. The number of nitrogens with zero attached hydrogens (tertiary/aromatic N) is 1. The number of hydrogen-bond acceptors (Lipinski definition) is 6. The maximum absolute atomic E-state index is 12.2. The predicted octanol–water partition coefficient (Wildman–Crippen LogP) is 1.20. The van der Waals surface area contributed by atoms with Crippen molar-refractivity contribution in [2.24, 2.45) is 0 Å². The van der Waals surface area contributed by atoms with Crippen molar-refractivity contribution in [2.45, 2.75) is 12.5 Å². The van der Waals surface area contributed by atoms with Crippen LogP contribution in [0.3, 0.4) is 0 Å². The summed E-state index contributed by atoms with van der Waals surface area (Å²) in [5.41, 5.74) is 0.451. The Morgan fingerprint density at radius 2 is 2.00 bits per heavy atom. The molecule has 27 heavy (non-hydrogen) atoms. The van der Waals surface area contributed by atoms with Crippen LogP contribution in [0.2, 0.25) is 0 Å². The van der Waals surface area contributed by atoms with Crippen LogP contribution in [0.25, 0.3) is 0 Å². The van der Waals surface area contributed by atoms with Crippen LogP contribution in [0.4, 0.5) is 5.82 Å². The molecule has 0 bridgehead atoms. The van der Waals surface area contributed by atoms with Crippen LogP contribution in [0, 0.1) is 0 Å². The molecule has 0 spiro atoms. The third kappa shape index (κ3) is 5.10. The number of benzene rings is 1. The number of para-hydroxylation sites is 2. The highest BCUT2D eigenvalue weighted by molar-refractivity contribution is 5.94. The molecule has 1 aliphatic rings. The summed E-state index contributed by atoms with van der Waals surface area (Å²) in [7, 11) is 1.56. The van der Waals surface area contributed by atoms with E-state index in [9.17, 15) is 9.59 Å². The molecule has 0 radical (unpaired) electrons. The van der Waals surface area contributed by atoms with E-state index in [-0.39, 0.29) is 24.5 Å². The predicted molar refractivity (Wildman–Crippen MR) is 100 cm³/mol. The SMILES string of the molecule is CNC(=O)CNc1ccc(C(=O)NCC[C@@H]2COc3ccccc3O2)cn1. The second-order valence-electron chi connectivity index (χ2n) is 6.00. The summed E-state index contributed by atoms with van der Waals surface area (Å²) < 4.78 is 11.5. The third-order valence-electron chi connectivity index (χ3n) is 4.05. The fourth-order valence-corrected chi connectivity index (χ4v) is 2.55. The quantitative estimate of drug-likeness (QED) is 0.677. The molecule has 0 saturated carbocycles. The van der Waals surface area contributed by atoms with Gasteiger partial charge in [-0.3, -0.25) is 9.59 Å². The van der Waals surface area contributed by atoms with Crippen molar-refractivity contribution in [1.82, 2.24) is 15.6 Å². The Hall–Kier alpha value is -3.29. The first-order valence-corrected chi connectivity index (χ1v) is 8.73. The van der Waals surface area contributed by atoms with Gasteiger partial charge >= 0.3 is 0 Å². The number of aromatic nitrogens is 1. The maximum atomic E-state index is 12.2. The third-order valence-corrected chi connectivity index (χ3v) is 4.05. The second kappa shape index (κ2) is 8.88. The number of nitrogens with one attached hydrogen (secondary N) is 3. The Morgan fingerprint density at radius 1 is 1.19 bits per heavy atom. The molecule has 2 aromatic rings. The molecule has 0 unspecified atom stereocenters. The Kier molecular flexibility index (Phi) is 6.09. The van der Waals surface area contributed by atoms with Gasteiger partial charge in [-0.25, -0.2) is 4.98 Å². The molecule has 3 rings (SSSR count). The number of amides is 2. The first-order valence-electron chi connectivity index (χ1n) is 8.73. The Balaban J connectivity index is 1.42. The highest BCUT2D eigenvalue weighted by atomic mass is 16.6. The molecule has 0 fully saturated rings. The summed E-state index contributed by atoms with van der Waals surface area (Å²) in [4.78, 5) is 27.5. The summed E-state index contributed by atoms with van der Waals surface area (Å²) >= 11 is 0. The van der Waals surface area contributed by atoms with E-state index in [1.807, 2.05) is 24.3 Å². The van der Waals surface area contributed by atoms with Crippen LogP contribution in [0.5, 0.6) is 11.5 Å². The number of fused-ring (bicyclic) bond motifs is 1. The lowest BCUT2D eigenvalue weighted by molar-refractivity contribution is -0.118. The summed E-state index contributed by atoms with van der Waals surface area (Å²) in [5, 5.41) is 8.23. The standard InChI is InChI=1S/C19H22N4O4/c1-20-18(24)11-23-17-7-6-13(10-22-17)19(25)21-9-8-14-12-26-15-4-2-3-5-16(15)27-14/h2-7,10,14H,8-9,11-12H2,1H3,(H,20,24)(H,21,25)(H,22,23)/t14-/m1/s1. The fourth-order valence-electron chi connectivity index (χ4n) is 2.55. The van der Waals surface area contributed by atoms with Gasteiger partial charge in [-0.2, -0.15) is 0 Å². The van der Waals surface area contributed by atoms with Gasteiger partial charge in [0.15, 0.2) is 11.5 Å². The first kappa shape index (κ1) is 18.5. The van der Waals surface area contributed by atoms with Crippen LogP contribution in [-0.2, 0) is 4.79 Å². The molecule has 0 saturated heterocycles. The zero-order valence-electron chi connectivity index (χ0n) is 15.0. The van der Waals surface area contributed by atoms with Gasteiger partial charge in [-0.1, -0.05) is 12.1 Å². The smallest absolute Gasteiger partial charge is 0.252 e. The van der Waals surface area contributed by atoms with Gasteiger partial charge in [-0.05, 0) is 24.3 Å². The van der Waals surface area contributed by atoms with Gasteiger partial charge in [0, 0.05) is 26.2 Å². The summed E-state index contributed by atoms with van der Waals surface area (Å²) in [6.45, 7) is 1.05. The number of anilines is 1. The van der Waals surface area contributed by atoms with E-state index in [2.05, 4.69) is 20.9 Å². The van der Waals surface area contributed by atoms with Gasteiger partial charge in [0.05, 0.1) is 12.1 Å². The van der Waals surface area contributed by atoms with Crippen molar-refractivity contribution in [3.8, 4) is 11.5 Å². The average molecular weight is 370 g/mol. The minimum atomic E-state index is -0.211. The molecular weight excluding hydrogens is 348 g/mol. The molecule has 1 aliphatic heterocycles. The number of likely N-dealkylation sites (N-methyl/N-ethyl adjacent to an activating group) is 1. The topological polar surface area (TPSA) is 102 Å². The number of pyridine rings is 1. The van der Waals surface area contributed by atoms with Gasteiger partial charge in [0.25, 0.3) is 5.91 Å². The van der Waals surface area contributed by atoms with Gasteiger partial charge < -0.3 is 25.4 Å². The highest BCUT2D eigenvalue weighted by Crippen LogP contribution is 2.31. The van der Waals surface area contributed by atoms with E-state index < -0.39 is 0 Å². The lowest BCUT2D eigenvalue weighted by Crippen LogP contribution is -2.34. The molecule has 2 heterocycles. The largest absolute Gasteiger partial charge is 0.486 e. The molecule has 8 heteroatoms. The van der Waals surface area contributed by atoms with E-state index in [1.165, 1.54) is 6.20 Å². The second-order valence-corrected chi connectivity index (χ2v) is 6.00. The molecule has 3 N–H and O–H groups in total. The minimum Gasteiger partial charge on any atom is -0.486 e. The molecule has 8 nitrogen and oxygen atoms in total. The zero-order valence-corrected chi connectivity index (χ0v) is 15.0. The van der Waals surface area contributed by atoms with Crippen molar-refractivity contribution >= 4 is 17.6 Å². The Labute approximate surface area is 157 Å². The van der Waals surface area contributed by atoms with Crippen LogP contribution < -0.4 is 25.4 Å². The van der Waals surface area contributed by atoms with Crippen LogP contribution >= 0.6 is 0 Å². The van der Waals surface area contributed by atoms with Gasteiger partial charge in [-0.15, -0.1) is 0 Å². The van der Waals surface area contributed by atoms with E-state index >= 15 is 0 Å². The van der Waals surface area contributed by atoms with Crippen molar-refractivity contribution in [3.63, 3.8) is 0 Å². The first-order chi connectivity index (χ1) is 13.2. The van der Waals surface area contributed by atoms with E-state index in [1.54, 1.807) is 19.2 Å². The number of rotatable bonds is 7. The molecule has 1 aromatic heterocycles. The van der Waals surface area contributed by atoms with Crippen molar-refractivity contribution in [1.29, 1.82) is 0 Å². The molecule has 1 aromatic carbocycles. The number of carbonyl (C=O) groups is 2. The Bertz CT molecular complexity index is 795. The van der Waals surface area contributed by atoms with Crippen LogP contribution in [0.15, 0.2) is 42.6 Å². The number of carbonyl (C=O) groups excluding carboxylic acids is 2. The fraction of sp³-hybridized carbons (Fsp3) is 0.316. The van der Waals surface area contributed by atoms with Crippen LogP contribution in [0.1, 0.15) is 16.8 Å². The summed E-state index contributed by atoms with van der Waals surface area (Å²) in [6, 6.07) is 10.8. The summed E-state index contributed by atoms with van der Waals surface area (Å²) in [5.74, 6) is 1.65. The number of ether oxygens (including phenoxy) is 2. The van der Waals surface area contributed by atoms with Crippen molar-refractivity contribution in [3.05, 3.63) is 48.2 Å². The molecule has 142 valence electrons. The van der Waals surface area contributed by atoms with Crippen LogP contribution in [-0.4, -0.2) is 49.6 Å². The summed E-state index contributed by atoms with van der Waals surface area (Å²) in [6.07, 6.45) is 2.01. The van der Waals surface area contributed by atoms with Gasteiger partial charge in [0.2, 0.25) is 5.91 Å². The molecular formula is C19H22N4O4.